The number of imide groups is 1. The van der Waals surface area contributed by atoms with Crippen molar-refractivity contribution in [3.05, 3.63) is 27.1 Å². The molecule has 1 aromatic rings. The van der Waals surface area contributed by atoms with E-state index in [1.165, 1.54) is 6.42 Å². The molecule has 0 aromatic heterocycles. The molecule has 0 saturated heterocycles. The third-order valence-electron chi connectivity index (χ3n) is 3.45. The van der Waals surface area contributed by atoms with Gasteiger partial charge in [0.1, 0.15) is 5.75 Å². The summed E-state index contributed by atoms with van der Waals surface area (Å²) in [7, 11) is 0. The van der Waals surface area contributed by atoms with E-state index in [9.17, 15) is 9.59 Å². The van der Waals surface area contributed by atoms with Crippen LogP contribution in [0, 0.1) is 0 Å². The predicted molar refractivity (Wildman–Crippen MR) is 90.9 cm³/mol. The number of nitrogens with one attached hydrogen (secondary N) is 2. The Labute approximate surface area is 146 Å². The van der Waals surface area contributed by atoms with Gasteiger partial charge in [0, 0.05) is 10.5 Å². The molecular formula is C15H18Br2N2O3. The number of urea groups is 1. The van der Waals surface area contributed by atoms with Gasteiger partial charge in [0.2, 0.25) is 0 Å². The van der Waals surface area contributed by atoms with Gasteiger partial charge in [0.05, 0.1) is 4.47 Å². The lowest BCUT2D eigenvalue weighted by atomic mass is 9.96. The van der Waals surface area contributed by atoms with Crippen LogP contribution in [0.15, 0.2) is 27.1 Å². The van der Waals surface area contributed by atoms with Gasteiger partial charge in [-0.2, -0.15) is 0 Å². The van der Waals surface area contributed by atoms with Crippen LogP contribution in [0.1, 0.15) is 32.1 Å². The maximum Gasteiger partial charge on any atom is 0.321 e. The van der Waals surface area contributed by atoms with Crippen molar-refractivity contribution in [1.29, 1.82) is 0 Å². The quantitative estimate of drug-likeness (QED) is 0.759. The highest BCUT2D eigenvalue weighted by Crippen LogP contribution is 2.28. The maximum atomic E-state index is 11.7. The fourth-order valence-electron chi connectivity index (χ4n) is 2.37. The first-order chi connectivity index (χ1) is 10.5. The Kier molecular flexibility index (Phi) is 6.70. The maximum absolute atomic E-state index is 11.7. The first-order valence-electron chi connectivity index (χ1n) is 7.23. The molecule has 0 aliphatic heterocycles. The molecule has 0 bridgehead atoms. The van der Waals surface area contributed by atoms with E-state index in [0.29, 0.717) is 5.75 Å². The monoisotopic (exact) mass is 432 g/mol. The number of amides is 3. The first-order valence-corrected chi connectivity index (χ1v) is 8.81. The van der Waals surface area contributed by atoms with E-state index in [2.05, 4.69) is 42.5 Å². The molecule has 120 valence electrons. The van der Waals surface area contributed by atoms with Gasteiger partial charge in [0.25, 0.3) is 5.91 Å². The Hall–Kier alpha value is -1.08. The van der Waals surface area contributed by atoms with Gasteiger partial charge in [-0.3, -0.25) is 10.1 Å². The molecule has 5 nitrogen and oxygen atoms in total. The van der Waals surface area contributed by atoms with E-state index in [-0.39, 0.29) is 12.6 Å². The number of hydrogen-bond donors (Lipinski definition) is 2. The molecule has 7 heteroatoms. The second-order valence-corrected chi connectivity index (χ2v) is 6.99. The SMILES string of the molecule is O=C(COc1ccc(Br)cc1Br)NC(=O)NC1CCCCC1. The van der Waals surface area contributed by atoms with E-state index in [0.717, 1.165) is 34.6 Å². The minimum absolute atomic E-state index is 0.170. The summed E-state index contributed by atoms with van der Waals surface area (Å²) in [6.07, 6.45) is 5.42. The number of benzene rings is 1. The number of ether oxygens (including phenoxy) is 1. The summed E-state index contributed by atoms with van der Waals surface area (Å²) in [5.74, 6) is 0.0779. The van der Waals surface area contributed by atoms with Gasteiger partial charge in [-0.25, -0.2) is 4.79 Å². The smallest absolute Gasteiger partial charge is 0.321 e. The van der Waals surface area contributed by atoms with Crippen molar-refractivity contribution in [3.63, 3.8) is 0 Å². The Morgan fingerprint density at radius 3 is 2.59 bits per heavy atom. The number of rotatable bonds is 4. The lowest BCUT2D eigenvalue weighted by molar-refractivity contribution is -0.122. The van der Waals surface area contributed by atoms with E-state index in [1.807, 2.05) is 12.1 Å². The van der Waals surface area contributed by atoms with Crippen LogP contribution in [0.2, 0.25) is 0 Å². The normalized spacial score (nSPS) is 15.2. The van der Waals surface area contributed by atoms with Gasteiger partial charge < -0.3 is 10.1 Å². The molecule has 3 amide bonds. The zero-order valence-electron chi connectivity index (χ0n) is 12.0. The Balaban J connectivity index is 1.73. The summed E-state index contributed by atoms with van der Waals surface area (Å²) in [6.45, 7) is -0.210. The standard InChI is InChI=1S/C15H18Br2N2O3/c16-10-6-7-13(12(17)8-10)22-9-14(20)19-15(21)18-11-4-2-1-3-5-11/h6-8,11H,1-5,9H2,(H2,18,19,20,21). The molecule has 1 fully saturated rings. The molecule has 0 unspecified atom stereocenters. The number of halogens is 2. The molecule has 0 radical (unpaired) electrons. The topological polar surface area (TPSA) is 67.4 Å². The van der Waals surface area contributed by atoms with E-state index >= 15 is 0 Å². The van der Waals surface area contributed by atoms with E-state index in [4.69, 9.17) is 4.74 Å². The van der Waals surface area contributed by atoms with Crippen LogP contribution < -0.4 is 15.4 Å². The molecule has 0 atom stereocenters. The lowest BCUT2D eigenvalue weighted by Crippen LogP contribution is -2.46. The third kappa shape index (κ3) is 5.61. The molecule has 2 rings (SSSR count). The average Bonchev–Trinajstić information content (AvgIpc) is 2.47. The summed E-state index contributed by atoms with van der Waals surface area (Å²) >= 11 is 6.69. The first kappa shape index (κ1) is 17.3. The Morgan fingerprint density at radius 2 is 1.91 bits per heavy atom. The van der Waals surface area contributed by atoms with Gasteiger partial charge in [0.15, 0.2) is 6.61 Å². The minimum atomic E-state index is -0.469. The molecule has 0 spiro atoms. The molecule has 2 N–H and O–H groups in total. The Bertz CT molecular complexity index is 546. The van der Waals surface area contributed by atoms with Gasteiger partial charge >= 0.3 is 6.03 Å². The van der Waals surface area contributed by atoms with Crippen molar-refractivity contribution >= 4 is 43.8 Å². The zero-order chi connectivity index (χ0) is 15.9. The number of hydrogen-bond acceptors (Lipinski definition) is 3. The van der Waals surface area contributed by atoms with Crippen molar-refractivity contribution in [1.82, 2.24) is 10.6 Å². The predicted octanol–water partition coefficient (Wildman–Crippen LogP) is 3.75. The van der Waals surface area contributed by atoms with Gasteiger partial charge in [-0.1, -0.05) is 35.2 Å². The second kappa shape index (κ2) is 8.53. The highest BCUT2D eigenvalue weighted by atomic mass is 79.9. The third-order valence-corrected chi connectivity index (χ3v) is 4.56. The van der Waals surface area contributed by atoms with Crippen LogP contribution in [0.4, 0.5) is 4.79 Å². The summed E-state index contributed by atoms with van der Waals surface area (Å²) < 4.78 is 7.03. The zero-order valence-corrected chi connectivity index (χ0v) is 15.2. The second-order valence-electron chi connectivity index (χ2n) is 5.22. The van der Waals surface area contributed by atoms with Crippen LogP contribution in [0.3, 0.4) is 0 Å². The van der Waals surface area contributed by atoms with Crippen LogP contribution in [0.5, 0.6) is 5.75 Å². The lowest BCUT2D eigenvalue weighted by Gasteiger charge is -2.22. The van der Waals surface area contributed by atoms with Gasteiger partial charge in [-0.15, -0.1) is 0 Å². The molecule has 1 aromatic carbocycles. The number of carbonyl (C=O) groups is 2. The molecule has 22 heavy (non-hydrogen) atoms. The van der Waals surface area contributed by atoms with Crippen LogP contribution >= 0.6 is 31.9 Å². The Morgan fingerprint density at radius 1 is 1.18 bits per heavy atom. The highest BCUT2D eigenvalue weighted by molar-refractivity contribution is 9.11. The van der Waals surface area contributed by atoms with E-state index in [1.54, 1.807) is 6.07 Å². The van der Waals surface area contributed by atoms with Gasteiger partial charge in [-0.05, 0) is 47.0 Å². The summed E-state index contributed by atoms with van der Waals surface area (Å²) in [4.78, 5) is 23.5. The fourth-order valence-corrected chi connectivity index (χ4v) is 3.53. The molecule has 1 aliphatic rings. The summed E-state index contributed by atoms with van der Waals surface area (Å²) in [5, 5.41) is 5.11. The highest BCUT2D eigenvalue weighted by Gasteiger charge is 2.17. The van der Waals surface area contributed by atoms with Crippen LogP contribution in [0.25, 0.3) is 0 Å². The van der Waals surface area contributed by atoms with Crippen molar-refractivity contribution < 1.29 is 14.3 Å². The fraction of sp³-hybridized carbons (Fsp3) is 0.467. The summed E-state index contributed by atoms with van der Waals surface area (Å²) in [5.41, 5.74) is 0. The van der Waals surface area contributed by atoms with Crippen molar-refractivity contribution in [3.8, 4) is 5.75 Å². The largest absolute Gasteiger partial charge is 0.483 e. The van der Waals surface area contributed by atoms with Crippen LogP contribution in [-0.2, 0) is 4.79 Å². The average molecular weight is 434 g/mol. The summed E-state index contributed by atoms with van der Waals surface area (Å²) in [6, 6.07) is 5.10. The molecule has 0 heterocycles. The molecule has 1 aliphatic carbocycles. The molecular weight excluding hydrogens is 416 g/mol. The number of carbonyl (C=O) groups excluding carboxylic acids is 2. The molecule has 1 saturated carbocycles. The van der Waals surface area contributed by atoms with Crippen molar-refractivity contribution in [2.75, 3.05) is 6.61 Å². The van der Waals surface area contributed by atoms with Crippen LogP contribution in [-0.4, -0.2) is 24.6 Å². The van der Waals surface area contributed by atoms with E-state index < -0.39 is 11.9 Å². The van der Waals surface area contributed by atoms with Crippen molar-refractivity contribution in [2.45, 2.75) is 38.1 Å². The van der Waals surface area contributed by atoms with Crippen molar-refractivity contribution in [2.24, 2.45) is 0 Å². The minimum Gasteiger partial charge on any atom is -0.483 e.